The molecular formula is C18H28BrIN4. The molecule has 2 fully saturated rings. The number of likely N-dealkylation sites (N-methyl/N-ethyl adjacent to an activating group) is 1. The topological polar surface area (TPSA) is 53.6 Å². The molecule has 1 aromatic carbocycles. The monoisotopic (exact) mass is 506 g/mol. The molecule has 1 unspecified atom stereocenters. The molecule has 0 bridgehead atoms. The average Bonchev–Trinajstić information content (AvgIpc) is 3.21. The molecule has 1 aliphatic heterocycles. The Balaban J connectivity index is 0.00000208. The van der Waals surface area contributed by atoms with Crippen molar-refractivity contribution in [2.24, 2.45) is 10.7 Å². The number of nitrogens with one attached hydrogen (secondary N) is 1. The van der Waals surface area contributed by atoms with E-state index in [1.165, 1.54) is 37.8 Å². The van der Waals surface area contributed by atoms with Gasteiger partial charge in [0.1, 0.15) is 0 Å². The molecule has 1 saturated carbocycles. The highest BCUT2D eigenvalue weighted by Crippen LogP contribution is 2.48. The third-order valence-corrected chi connectivity index (χ3v) is 5.76. The maximum absolute atomic E-state index is 6.09. The van der Waals surface area contributed by atoms with Gasteiger partial charge in [0.05, 0.1) is 6.54 Å². The van der Waals surface area contributed by atoms with Crippen molar-refractivity contribution in [2.75, 3.05) is 26.2 Å². The summed E-state index contributed by atoms with van der Waals surface area (Å²) in [5.74, 6) is 0.592. The van der Waals surface area contributed by atoms with Crippen LogP contribution in [0.1, 0.15) is 38.2 Å². The first-order valence-corrected chi connectivity index (χ1v) is 9.46. The molecule has 1 aliphatic carbocycles. The summed E-state index contributed by atoms with van der Waals surface area (Å²) in [6.45, 7) is 6.25. The third-order valence-electron chi connectivity index (χ3n) is 5.27. The van der Waals surface area contributed by atoms with Gasteiger partial charge >= 0.3 is 0 Å². The number of guanidine groups is 1. The van der Waals surface area contributed by atoms with Gasteiger partial charge in [0.15, 0.2) is 5.96 Å². The standard InChI is InChI=1S/C18H27BrN4.HI/c1-2-23-10-4-7-16(23)12-21-17(20)22-13-18(8-9-18)14-5-3-6-15(19)11-14;/h3,5-6,11,16H,2,4,7-10,12-13H2,1H3,(H3,20,21,22);1H. The SMILES string of the molecule is CCN1CCCC1CNC(N)=NCC1(c2cccc(Br)c2)CC1.I. The summed E-state index contributed by atoms with van der Waals surface area (Å²) in [4.78, 5) is 7.14. The first-order valence-electron chi connectivity index (χ1n) is 8.67. The molecular weight excluding hydrogens is 479 g/mol. The summed E-state index contributed by atoms with van der Waals surface area (Å²) in [6.07, 6.45) is 4.96. The molecule has 1 aromatic rings. The van der Waals surface area contributed by atoms with E-state index in [1.807, 2.05) is 0 Å². The molecule has 24 heavy (non-hydrogen) atoms. The van der Waals surface area contributed by atoms with Gasteiger partial charge in [0.2, 0.25) is 0 Å². The minimum Gasteiger partial charge on any atom is -0.370 e. The number of nitrogens with two attached hydrogens (primary N) is 1. The summed E-state index contributed by atoms with van der Waals surface area (Å²) in [5.41, 5.74) is 7.67. The van der Waals surface area contributed by atoms with E-state index in [1.54, 1.807) is 0 Å². The fourth-order valence-electron chi connectivity index (χ4n) is 3.56. The van der Waals surface area contributed by atoms with Crippen LogP contribution in [0, 0.1) is 0 Å². The number of halogens is 2. The maximum Gasteiger partial charge on any atom is 0.188 e. The van der Waals surface area contributed by atoms with Crippen LogP contribution in [-0.2, 0) is 5.41 Å². The Bertz CT molecular complexity index is 574. The van der Waals surface area contributed by atoms with E-state index in [0.29, 0.717) is 12.0 Å². The van der Waals surface area contributed by atoms with Crippen molar-refractivity contribution in [1.82, 2.24) is 10.2 Å². The lowest BCUT2D eigenvalue weighted by atomic mass is 9.96. The molecule has 1 heterocycles. The van der Waals surface area contributed by atoms with E-state index in [4.69, 9.17) is 5.73 Å². The molecule has 0 spiro atoms. The number of rotatable bonds is 6. The molecule has 3 N–H and O–H groups in total. The van der Waals surface area contributed by atoms with Crippen LogP contribution in [0.5, 0.6) is 0 Å². The molecule has 0 amide bonds. The first-order chi connectivity index (χ1) is 11.1. The molecule has 4 nitrogen and oxygen atoms in total. The van der Waals surface area contributed by atoms with Gasteiger partial charge in [0.25, 0.3) is 0 Å². The smallest absolute Gasteiger partial charge is 0.188 e. The number of benzene rings is 1. The van der Waals surface area contributed by atoms with Crippen LogP contribution in [0.4, 0.5) is 0 Å². The van der Waals surface area contributed by atoms with E-state index in [0.717, 1.165) is 24.1 Å². The summed E-state index contributed by atoms with van der Waals surface area (Å²) >= 11 is 3.56. The predicted molar refractivity (Wildman–Crippen MR) is 115 cm³/mol. The van der Waals surface area contributed by atoms with Crippen molar-refractivity contribution in [2.45, 2.75) is 44.1 Å². The van der Waals surface area contributed by atoms with Crippen molar-refractivity contribution in [3.63, 3.8) is 0 Å². The highest BCUT2D eigenvalue weighted by Gasteiger charge is 2.44. The van der Waals surface area contributed by atoms with Crippen LogP contribution in [0.15, 0.2) is 33.7 Å². The van der Waals surface area contributed by atoms with Gasteiger partial charge in [-0.1, -0.05) is 35.0 Å². The number of hydrogen-bond donors (Lipinski definition) is 2. The number of likely N-dealkylation sites (tertiary alicyclic amines) is 1. The van der Waals surface area contributed by atoms with Crippen LogP contribution in [0.2, 0.25) is 0 Å². The highest BCUT2D eigenvalue weighted by atomic mass is 127. The second kappa shape index (κ2) is 8.85. The van der Waals surface area contributed by atoms with E-state index >= 15 is 0 Å². The Kier molecular flexibility index (Phi) is 7.37. The minimum absolute atomic E-state index is 0. The van der Waals surface area contributed by atoms with Crippen molar-refractivity contribution in [1.29, 1.82) is 0 Å². The molecule has 1 saturated heterocycles. The van der Waals surface area contributed by atoms with Crippen molar-refractivity contribution in [3.05, 3.63) is 34.3 Å². The number of hydrogen-bond acceptors (Lipinski definition) is 2. The first kappa shape index (κ1) is 20.0. The second-order valence-electron chi connectivity index (χ2n) is 6.80. The zero-order valence-electron chi connectivity index (χ0n) is 14.3. The quantitative estimate of drug-likeness (QED) is 0.353. The van der Waals surface area contributed by atoms with Gasteiger partial charge in [-0.15, -0.1) is 24.0 Å². The van der Waals surface area contributed by atoms with Crippen molar-refractivity contribution in [3.8, 4) is 0 Å². The van der Waals surface area contributed by atoms with Crippen LogP contribution in [0.3, 0.4) is 0 Å². The van der Waals surface area contributed by atoms with Crippen LogP contribution >= 0.6 is 39.9 Å². The van der Waals surface area contributed by atoms with Crippen LogP contribution in [0.25, 0.3) is 0 Å². The third kappa shape index (κ3) is 4.85. The number of nitrogens with zero attached hydrogens (tertiary/aromatic N) is 2. The predicted octanol–water partition coefficient (Wildman–Crippen LogP) is 3.49. The van der Waals surface area contributed by atoms with E-state index in [9.17, 15) is 0 Å². The van der Waals surface area contributed by atoms with Gasteiger partial charge in [-0.2, -0.15) is 0 Å². The van der Waals surface area contributed by atoms with Crippen LogP contribution in [-0.4, -0.2) is 43.1 Å². The molecule has 3 rings (SSSR count). The molecule has 0 aromatic heterocycles. The minimum atomic E-state index is 0. The Labute approximate surface area is 170 Å². The molecule has 134 valence electrons. The van der Waals surface area contributed by atoms with Gasteiger partial charge in [-0.3, -0.25) is 9.89 Å². The Morgan fingerprint density at radius 2 is 2.25 bits per heavy atom. The molecule has 6 heteroatoms. The zero-order valence-corrected chi connectivity index (χ0v) is 18.2. The maximum atomic E-state index is 6.09. The van der Waals surface area contributed by atoms with Gasteiger partial charge in [0, 0.05) is 22.5 Å². The Morgan fingerprint density at radius 3 is 2.92 bits per heavy atom. The molecule has 2 aliphatic rings. The fraction of sp³-hybridized carbons (Fsp3) is 0.611. The second-order valence-corrected chi connectivity index (χ2v) is 7.71. The summed E-state index contributed by atoms with van der Waals surface area (Å²) < 4.78 is 1.14. The zero-order chi connectivity index (χ0) is 16.3. The van der Waals surface area contributed by atoms with Gasteiger partial charge in [-0.25, -0.2) is 0 Å². The van der Waals surface area contributed by atoms with E-state index in [2.05, 4.69) is 62.3 Å². The summed E-state index contributed by atoms with van der Waals surface area (Å²) in [6, 6.07) is 9.19. The highest BCUT2D eigenvalue weighted by molar-refractivity contribution is 14.0. The van der Waals surface area contributed by atoms with Crippen molar-refractivity contribution < 1.29 is 0 Å². The normalized spacial score (nSPS) is 22.9. The number of aliphatic imine (C=N–C) groups is 1. The Morgan fingerprint density at radius 1 is 1.46 bits per heavy atom. The van der Waals surface area contributed by atoms with Crippen LogP contribution < -0.4 is 11.1 Å². The molecule has 1 atom stereocenters. The average molecular weight is 507 g/mol. The van der Waals surface area contributed by atoms with E-state index < -0.39 is 0 Å². The lowest BCUT2D eigenvalue weighted by molar-refractivity contribution is 0.267. The largest absolute Gasteiger partial charge is 0.370 e. The Hall–Kier alpha value is -0.340. The van der Waals surface area contributed by atoms with Gasteiger partial charge < -0.3 is 11.1 Å². The fourth-order valence-corrected chi connectivity index (χ4v) is 3.96. The van der Waals surface area contributed by atoms with Crippen molar-refractivity contribution >= 4 is 45.9 Å². The summed E-state index contributed by atoms with van der Waals surface area (Å²) in [5, 5.41) is 3.33. The van der Waals surface area contributed by atoms with Gasteiger partial charge in [-0.05, 0) is 56.5 Å². The summed E-state index contributed by atoms with van der Waals surface area (Å²) in [7, 11) is 0. The molecule has 0 radical (unpaired) electrons. The lowest BCUT2D eigenvalue weighted by Crippen LogP contribution is -2.43. The van der Waals surface area contributed by atoms with E-state index in [-0.39, 0.29) is 29.4 Å². The lowest BCUT2D eigenvalue weighted by Gasteiger charge is -2.23.